The van der Waals surface area contributed by atoms with E-state index in [1.807, 2.05) is 6.07 Å². The van der Waals surface area contributed by atoms with Gasteiger partial charge in [0.15, 0.2) is 0 Å². The first kappa shape index (κ1) is 14.1. The molecular formula is C16H21N3O2. The zero-order valence-corrected chi connectivity index (χ0v) is 12.3. The van der Waals surface area contributed by atoms with E-state index in [1.54, 1.807) is 31.7 Å². The van der Waals surface area contributed by atoms with Gasteiger partial charge in [-0.25, -0.2) is 0 Å². The molecule has 1 aromatic heterocycles. The molecule has 0 unspecified atom stereocenters. The Labute approximate surface area is 125 Å². The molecule has 0 aliphatic carbocycles. The maximum atomic E-state index is 12.0. The van der Waals surface area contributed by atoms with Crippen LogP contribution in [0, 0.1) is 5.92 Å². The van der Waals surface area contributed by atoms with Crippen LogP contribution in [0.15, 0.2) is 24.5 Å². The zero-order valence-electron chi connectivity index (χ0n) is 12.3. The second kappa shape index (κ2) is 6.26. The number of carbonyl (C=O) groups is 1. The Kier molecular flexibility index (Phi) is 4.20. The molecule has 0 spiro atoms. The van der Waals surface area contributed by atoms with Crippen molar-refractivity contribution in [3.63, 3.8) is 0 Å². The molecule has 5 heteroatoms. The Bertz CT molecular complexity index is 536. The molecule has 1 N–H and O–H groups in total. The lowest BCUT2D eigenvalue weighted by atomic mass is 9.84. The predicted octanol–water partition coefficient (Wildman–Crippen LogP) is 1.31. The monoisotopic (exact) mass is 287 g/mol. The highest BCUT2D eigenvalue weighted by atomic mass is 16.5. The van der Waals surface area contributed by atoms with E-state index in [0.717, 1.165) is 12.1 Å². The van der Waals surface area contributed by atoms with Gasteiger partial charge in [-0.05, 0) is 49.6 Å². The molecule has 0 aromatic carbocycles. The van der Waals surface area contributed by atoms with Gasteiger partial charge in [0.2, 0.25) is 5.91 Å². The number of fused-ring (bicyclic) bond motifs is 3. The minimum Gasteiger partial charge on any atom is -0.495 e. The number of hydrogen-bond acceptors (Lipinski definition) is 4. The summed E-state index contributed by atoms with van der Waals surface area (Å²) in [7, 11) is 1.60. The molecule has 3 fully saturated rings. The summed E-state index contributed by atoms with van der Waals surface area (Å²) >= 11 is 0. The van der Waals surface area contributed by atoms with Gasteiger partial charge in [0, 0.05) is 24.9 Å². The summed E-state index contributed by atoms with van der Waals surface area (Å²) in [6.45, 7) is 3.36. The third-order valence-corrected chi connectivity index (χ3v) is 4.38. The van der Waals surface area contributed by atoms with Crippen LogP contribution in [0.3, 0.4) is 0 Å². The van der Waals surface area contributed by atoms with Crippen molar-refractivity contribution >= 4 is 12.0 Å². The van der Waals surface area contributed by atoms with Crippen LogP contribution >= 0.6 is 0 Å². The summed E-state index contributed by atoms with van der Waals surface area (Å²) in [4.78, 5) is 18.5. The highest BCUT2D eigenvalue weighted by molar-refractivity contribution is 5.91. The van der Waals surface area contributed by atoms with Crippen LogP contribution in [0.1, 0.15) is 18.4 Å². The van der Waals surface area contributed by atoms with Crippen LogP contribution in [0.2, 0.25) is 0 Å². The van der Waals surface area contributed by atoms with Crippen LogP contribution in [-0.4, -0.2) is 48.6 Å². The van der Waals surface area contributed by atoms with Gasteiger partial charge in [-0.15, -0.1) is 0 Å². The summed E-state index contributed by atoms with van der Waals surface area (Å²) in [5.41, 5.74) is 0.860. The summed E-state index contributed by atoms with van der Waals surface area (Å²) in [6, 6.07) is 2.15. The number of piperidine rings is 3. The van der Waals surface area contributed by atoms with E-state index < -0.39 is 0 Å². The summed E-state index contributed by atoms with van der Waals surface area (Å²) < 4.78 is 5.11. The maximum absolute atomic E-state index is 12.0. The van der Waals surface area contributed by atoms with Crippen molar-refractivity contribution in [2.75, 3.05) is 26.7 Å². The van der Waals surface area contributed by atoms with E-state index in [-0.39, 0.29) is 5.91 Å². The SMILES string of the molecule is COc1cncc(C=CC(=O)N[C@H]2CN3CCC2CC3)c1. The van der Waals surface area contributed by atoms with Crippen molar-refractivity contribution < 1.29 is 9.53 Å². The van der Waals surface area contributed by atoms with Gasteiger partial charge in [0.25, 0.3) is 0 Å². The Morgan fingerprint density at radius 1 is 1.43 bits per heavy atom. The molecule has 3 saturated heterocycles. The molecule has 0 radical (unpaired) electrons. The average molecular weight is 287 g/mol. The van der Waals surface area contributed by atoms with Gasteiger partial charge in [-0.3, -0.25) is 9.78 Å². The summed E-state index contributed by atoms with van der Waals surface area (Å²) in [5.74, 6) is 1.30. The van der Waals surface area contributed by atoms with Crippen LogP contribution < -0.4 is 10.1 Å². The normalized spacial score (nSPS) is 27.8. The van der Waals surface area contributed by atoms with Crippen LogP contribution in [0.25, 0.3) is 6.08 Å². The Balaban J connectivity index is 1.57. The molecule has 4 rings (SSSR count). The smallest absolute Gasteiger partial charge is 0.244 e. The number of ether oxygens (including phenoxy) is 1. The topological polar surface area (TPSA) is 54.5 Å². The molecule has 0 saturated carbocycles. The Hall–Kier alpha value is -1.88. The number of nitrogens with one attached hydrogen (secondary N) is 1. The van der Waals surface area contributed by atoms with E-state index in [9.17, 15) is 4.79 Å². The lowest BCUT2D eigenvalue weighted by Crippen LogP contribution is -2.57. The van der Waals surface area contributed by atoms with Crippen LogP contribution in [0.4, 0.5) is 0 Å². The first-order chi connectivity index (χ1) is 10.2. The third-order valence-electron chi connectivity index (χ3n) is 4.38. The highest BCUT2D eigenvalue weighted by Gasteiger charge is 2.34. The fraction of sp³-hybridized carbons (Fsp3) is 0.500. The molecule has 2 bridgehead atoms. The Morgan fingerprint density at radius 3 is 2.90 bits per heavy atom. The van der Waals surface area contributed by atoms with Gasteiger partial charge in [0.1, 0.15) is 5.75 Å². The largest absolute Gasteiger partial charge is 0.495 e. The molecule has 1 amide bonds. The van der Waals surface area contributed by atoms with Gasteiger partial charge in [-0.1, -0.05) is 0 Å². The fourth-order valence-corrected chi connectivity index (χ4v) is 3.17. The minimum absolute atomic E-state index is 0.0310. The van der Waals surface area contributed by atoms with E-state index in [1.165, 1.54) is 25.9 Å². The molecular weight excluding hydrogens is 266 g/mol. The second-order valence-corrected chi connectivity index (χ2v) is 5.74. The Morgan fingerprint density at radius 2 is 2.24 bits per heavy atom. The van der Waals surface area contributed by atoms with E-state index in [4.69, 9.17) is 4.74 Å². The third kappa shape index (κ3) is 3.42. The van der Waals surface area contributed by atoms with Crippen molar-refractivity contribution in [3.05, 3.63) is 30.1 Å². The summed E-state index contributed by atoms with van der Waals surface area (Å²) in [6.07, 6.45) is 9.11. The molecule has 3 aliphatic heterocycles. The first-order valence-electron chi connectivity index (χ1n) is 7.44. The molecule has 3 aliphatic rings. The molecule has 1 aromatic rings. The van der Waals surface area contributed by atoms with E-state index in [2.05, 4.69) is 15.2 Å². The number of nitrogens with zero attached hydrogens (tertiary/aromatic N) is 2. The number of methoxy groups -OCH3 is 1. The van der Waals surface area contributed by atoms with E-state index in [0.29, 0.717) is 17.7 Å². The predicted molar refractivity (Wildman–Crippen MR) is 80.9 cm³/mol. The average Bonchev–Trinajstić information content (AvgIpc) is 2.54. The number of rotatable bonds is 4. The quantitative estimate of drug-likeness (QED) is 0.849. The van der Waals surface area contributed by atoms with Crippen molar-refractivity contribution in [1.82, 2.24) is 15.2 Å². The van der Waals surface area contributed by atoms with Gasteiger partial charge in [0.05, 0.1) is 13.3 Å². The molecule has 4 heterocycles. The fourth-order valence-electron chi connectivity index (χ4n) is 3.17. The van der Waals surface area contributed by atoms with E-state index >= 15 is 0 Å². The van der Waals surface area contributed by atoms with Gasteiger partial charge in [-0.2, -0.15) is 0 Å². The van der Waals surface area contributed by atoms with Crippen LogP contribution in [0.5, 0.6) is 5.75 Å². The number of amides is 1. The van der Waals surface area contributed by atoms with Gasteiger partial charge >= 0.3 is 0 Å². The van der Waals surface area contributed by atoms with Crippen molar-refractivity contribution in [3.8, 4) is 5.75 Å². The number of aromatic nitrogens is 1. The van der Waals surface area contributed by atoms with Crippen molar-refractivity contribution in [1.29, 1.82) is 0 Å². The molecule has 21 heavy (non-hydrogen) atoms. The lowest BCUT2D eigenvalue weighted by Gasteiger charge is -2.44. The molecule has 5 nitrogen and oxygen atoms in total. The standard InChI is InChI=1S/C16H21N3O2/c1-21-14-8-12(9-17-10-14)2-3-16(20)18-15-11-19-6-4-13(15)5-7-19/h2-3,8-10,13,15H,4-7,11H2,1H3,(H,18,20)/t15-/m0/s1. The van der Waals surface area contributed by atoms with Crippen molar-refractivity contribution in [2.45, 2.75) is 18.9 Å². The lowest BCUT2D eigenvalue weighted by molar-refractivity contribution is -0.118. The highest BCUT2D eigenvalue weighted by Crippen LogP contribution is 2.27. The van der Waals surface area contributed by atoms with Gasteiger partial charge < -0.3 is 15.0 Å². The second-order valence-electron chi connectivity index (χ2n) is 5.74. The molecule has 1 atom stereocenters. The number of hydrogen-bond donors (Lipinski definition) is 1. The zero-order chi connectivity index (χ0) is 14.7. The first-order valence-corrected chi connectivity index (χ1v) is 7.44. The maximum Gasteiger partial charge on any atom is 0.244 e. The molecule has 112 valence electrons. The summed E-state index contributed by atoms with van der Waals surface area (Å²) in [5, 5.41) is 3.13. The minimum atomic E-state index is -0.0310. The van der Waals surface area contributed by atoms with Crippen molar-refractivity contribution in [2.24, 2.45) is 5.92 Å². The van der Waals surface area contributed by atoms with Crippen LogP contribution in [-0.2, 0) is 4.79 Å². The number of carbonyl (C=O) groups excluding carboxylic acids is 1. The number of pyridine rings is 1.